The molecule has 0 atom stereocenters. The molecule has 2 heterocycles. The summed E-state index contributed by atoms with van der Waals surface area (Å²) in [4.78, 5) is 2.97. The number of benzene rings is 1. The van der Waals surface area contributed by atoms with Crippen LogP contribution in [0.15, 0.2) is 24.5 Å². The molecule has 0 aliphatic carbocycles. The number of hydrogen-bond donors (Lipinski definition) is 1. The van der Waals surface area contributed by atoms with Crippen molar-refractivity contribution in [3.63, 3.8) is 0 Å². The molecule has 3 rings (SSSR count). The van der Waals surface area contributed by atoms with Gasteiger partial charge in [-0.1, -0.05) is 0 Å². The Labute approximate surface area is 113 Å². The first-order valence-corrected chi connectivity index (χ1v) is 5.98. The monoisotopic (exact) mass is 278 g/mol. The molecule has 1 N–H and O–H groups in total. The van der Waals surface area contributed by atoms with E-state index in [-0.39, 0.29) is 5.75 Å². The quantitative estimate of drug-likeness (QED) is 0.733. The topological polar surface area (TPSA) is 47.8 Å². The third-order valence-corrected chi connectivity index (χ3v) is 3.19. The normalized spacial score (nSPS) is 11.1. The number of halogens is 1. The molecule has 0 fully saturated rings. The first-order valence-electron chi connectivity index (χ1n) is 5.57. The van der Waals surface area contributed by atoms with Crippen molar-refractivity contribution in [3.05, 3.63) is 35.1 Å². The second kappa shape index (κ2) is 4.20. The highest BCUT2D eigenvalue weighted by molar-refractivity contribution is 7.71. The molecule has 5 nitrogen and oxygen atoms in total. The molecule has 0 unspecified atom stereocenters. The molecule has 0 saturated carbocycles. The maximum atomic E-state index is 13.7. The fourth-order valence-corrected chi connectivity index (χ4v) is 2.36. The summed E-state index contributed by atoms with van der Waals surface area (Å²) in [6, 6.07) is 2.99. The van der Waals surface area contributed by atoms with Crippen molar-refractivity contribution in [1.29, 1.82) is 0 Å². The molecule has 0 spiro atoms. The maximum absolute atomic E-state index is 13.7. The second-order valence-electron chi connectivity index (χ2n) is 4.14. The zero-order valence-corrected chi connectivity index (χ0v) is 11.2. The number of fused-ring (bicyclic) bond motifs is 1. The Balaban J connectivity index is 2.35. The summed E-state index contributed by atoms with van der Waals surface area (Å²) >= 11 is 5.27. The zero-order chi connectivity index (χ0) is 13.6. The number of methoxy groups -OCH3 is 1. The molecule has 0 saturated heterocycles. The van der Waals surface area contributed by atoms with Crippen LogP contribution in [-0.4, -0.2) is 26.4 Å². The minimum absolute atomic E-state index is 0.180. The lowest BCUT2D eigenvalue weighted by Crippen LogP contribution is -1.94. The molecule has 0 aliphatic heterocycles. The zero-order valence-electron chi connectivity index (χ0n) is 10.3. The van der Waals surface area contributed by atoms with Gasteiger partial charge in [0.2, 0.25) is 0 Å². The van der Waals surface area contributed by atoms with E-state index in [4.69, 9.17) is 17.0 Å². The standard InChI is InChI=1S/C12H11FN4OS/c1-16-6-7(5-14-16)17-10-4-11(18-2)8(13)3-9(10)15-12(17)19/h3-6H,1-2H3,(H,15,19). The predicted molar refractivity (Wildman–Crippen MR) is 71.7 cm³/mol. The lowest BCUT2D eigenvalue weighted by molar-refractivity contribution is 0.387. The minimum atomic E-state index is -0.426. The second-order valence-corrected chi connectivity index (χ2v) is 4.53. The fraction of sp³-hybridized carbons (Fsp3) is 0.167. The van der Waals surface area contributed by atoms with Crippen LogP contribution >= 0.6 is 12.2 Å². The van der Waals surface area contributed by atoms with E-state index in [1.807, 2.05) is 13.2 Å². The van der Waals surface area contributed by atoms with E-state index in [2.05, 4.69) is 10.1 Å². The summed E-state index contributed by atoms with van der Waals surface area (Å²) in [5.74, 6) is -0.247. The van der Waals surface area contributed by atoms with Crippen LogP contribution < -0.4 is 4.74 Å². The molecule has 0 aliphatic rings. The van der Waals surface area contributed by atoms with Crippen molar-refractivity contribution in [1.82, 2.24) is 19.3 Å². The Morgan fingerprint density at radius 2 is 2.21 bits per heavy atom. The van der Waals surface area contributed by atoms with Gasteiger partial charge in [-0.2, -0.15) is 5.10 Å². The van der Waals surface area contributed by atoms with Crippen LogP contribution in [0.4, 0.5) is 4.39 Å². The highest BCUT2D eigenvalue weighted by Gasteiger charge is 2.12. The first-order chi connectivity index (χ1) is 9.10. The third kappa shape index (κ3) is 1.82. The molecule has 0 bridgehead atoms. The minimum Gasteiger partial charge on any atom is -0.494 e. The highest BCUT2D eigenvalue weighted by atomic mass is 32.1. The summed E-state index contributed by atoms with van der Waals surface area (Å²) in [5.41, 5.74) is 2.18. The Bertz CT molecular complexity index is 817. The molecule has 0 radical (unpaired) electrons. The highest BCUT2D eigenvalue weighted by Crippen LogP contribution is 2.26. The van der Waals surface area contributed by atoms with Gasteiger partial charge in [-0.15, -0.1) is 0 Å². The molecule has 2 aromatic heterocycles. The number of ether oxygens (including phenoxy) is 1. The van der Waals surface area contributed by atoms with E-state index >= 15 is 0 Å². The Hall–Kier alpha value is -2.15. The number of aromatic nitrogens is 4. The molecule has 19 heavy (non-hydrogen) atoms. The molecule has 0 amide bonds. The van der Waals surface area contributed by atoms with E-state index < -0.39 is 5.82 Å². The van der Waals surface area contributed by atoms with E-state index in [0.717, 1.165) is 11.2 Å². The van der Waals surface area contributed by atoms with Crippen molar-refractivity contribution in [2.45, 2.75) is 0 Å². The first kappa shape index (κ1) is 11.9. The molecule has 1 aromatic carbocycles. The van der Waals surface area contributed by atoms with E-state index in [9.17, 15) is 4.39 Å². The van der Waals surface area contributed by atoms with Gasteiger partial charge in [0.1, 0.15) is 0 Å². The van der Waals surface area contributed by atoms with Gasteiger partial charge in [-0.25, -0.2) is 4.39 Å². The summed E-state index contributed by atoms with van der Waals surface area (Å²) in [5, 5.41) is 4.11. The van der Waals surface area contributed by atoms with Crippen molar-refractivity contribution in [2.75, 3.05) is 7.11 Å². The Morgan fingerprint density at radius 1 is 1.42 bits per heavy atom. The van der Waals surface area contributed by atoms with Crippen molar-refractivity contribution in [2.24, 2.45) is 7.05 Å². The number of H-pyrrole nitrogens is 1. The molecule has 3 aromatic rings. The van der Waals surface area contributed by atoms with Crippen molar-refractivity contribution < 1.29 is 9.13 Å². The van der Waals surface area contributed by atoms with Gasteiger partial charge < -0.3 is 9.72 Å². The SMILES string of the molecule is COc1cc2c(cc1F)[nH]c(=S)n2-c1cnn(C)c1. The van der Waals surface area contributed by atoms with Gasteiger partial charge in [0, 0.05) is 25.4 Å². The van der Waals surface area contributed by atoms with Crippen LogP contribution in [0.3, 0.4) is 0 Å². The number of nitrogens with one attached hydrogen (secondary N) is 1. The molecule has 7 heteroatoms. The summed E-state index contributed by atoms with van der Waals surface area (Å²) < 4.78 is 22.6. The smallest absolute Gasteiger partial charge is 0.182 e. The summed E-state index contributed by atoms with van der Waals surface area (Å²) in [6.45, 7) is 0. The molecule has 98 valence electrons. The average Bonchev–Trinajstić information content (AvgIpc) is 2.90. The van der Waals surface area contributed by atoms with E-state index in [1.54, 1.807) is 21.5 Å². The summed E-state index contributed by atoms with van der Waals surface area (Å²) in [7, 11) is 3.25. The number of hydrogen-bond acceptors (Lipinski definition) is 3. The van der Waals surface area contributed by atoms with Crippen molar-refractivity contribution >= 4 is 23.3 Å². The van der Waals surface area contributed by atoms with Crippen LogP contribution in [0.2, 0.25) is 0 Å². The molecular weight excluding hydrogens is 267 g/mol. The van der Waals surface area contributed by atoms with Crippen LogP contribution in [0, 0.1) is 10.6 Å². The molecular formula is C12H11FN4OS. The van der Waals surface area contributed by atoms with Crippen LogP contribution in [0.1, 0.15) is 0 Å². The number of nitrogens with zero attached hydrogens (tertiary/aromatic N) is 3. The van der Waals surface area contributed by atoms with Gasteiger partial charge in [0.15, 0.2) is 16.3 Å². The number of aryl methyl sites for hydroxylation is 1. The number of aromatic amines is 1. The van der Waals surface area contributed by atoms with Gasteiger partial charge in [0.05, 0.1) is 30.0 Å². The summed E-state index contributed by atoms with van der Waals surface area (Å²) in [6.07, 6.45) is 3.53. The van der Waals surface area contributed by atoms with Crippen LogP contribution in [-0.2, 0) is 7.05 Å². The van der Waals surface area contributed by atoms with Gasteiger partial charge in [0.25, 0.3) is 0 Å². The largest absolute Gasteiger partial charge is 0.494 e. The third-order valence-electron chi connectivity index (χ3n) is 2.91. The number of imidazole rings is 1. The fourth-order valence-electron chi connectivity index (χ4n) is 2.04. The maximum Gasteiger partial charge on any atom is 0.182 e. The lowest BCUT2D eigenvalue weighted by Gasteiger charge is -2.04. The van der Waals surface area contributed by atoms with Crippen LogP contribution in [0.25, 0.3) is 16.7 Å². The average molecular weight is 278 g/mol. The Kier molecular flexibility index (Phi) is 2.63. The van der Waals surface area contributed by atoms with Crippen molar-refractivity contribution in [3.8, 4) is 11.4 Å². The van der Waals surface area contributed by atoms with Gasteiger partial charge >= 0.3 is 0 Å². The van der Waals surface area contributed by atoms with Gasteiger partial charge in [-0.05, 0) is 12.2 Å². The van der Waals surface area contributed by atoms with Gasteiger partial charge in [-0.3, -0.25) is 9.25 Å². The number of rotatable bonds is 2. The van der Waals surface area contributed by atoms with E-state index in [1.165, 1.54) is 13.2 Å². The predicted octanol–water partition coefficient (Wildman–Crippen LogP) is 2.57. The van der Waals surface area contributed by atoms with E-state index in [0.29, 0.717) is 10.3 Å². The Morgan fingerprint density at radius 3 is 2.84 bits per heavy atom. The lowest BCUT2D eigenvalue weighted by atomic mass is 10.3. The van der Waals surface area contributed by atoms with Crippen LogP contribution in [0.5, 0.6) is 5.75 Å².